The number of aromatic nitrogens is 1. The molecule has 9 heteroatoms. The molecule has 30 heavy (non-hydrogen) atoms. The molecule has 1 amide bonds. The van der Waals surface area contributed by atoms with E-state index in [9.17, 15) is 18.0 Å². The minimum Gasteiger partial charge on any atom is -0.462 e. The standard InChI is InChI=1S/C21H33N3O5S/c1-4-29-21(26)18-14(2)22-15(3)19(18)30(27,28)24-12-8-9-16(13-24)20(25)23-17-10-6-5-7-11-17/h16-17,22H,4-13H2,1-3H3,(H,23,25)/t16-/m1/s1. The molecule has 0 spiro atoms. The van der Waals surface area contributed by atoms with Gasteiger partial charge in [0.1, 0.15) is 10.5 Å². The van der Waals surface area contributed by atoms with Gasteiger partial charge in [-0.1, -0.05) is 19.3 Å². The van der Waals surface area contributed by atoms with Crippen molar-refractivity contribution in [3.05, 3.63) is 17.0 Å². The van der Waals surface area contributed by atoms with Crippen LogP contribution in [0.5, 0.6) is 0 Å². The lowest BCUT2D eigenvalue weighted by molar-refractivity contribution is -0.127. The smallest absolute Gasteiger partial charge is 0.341 e. The quantitative estimate of drug-likeness (QED) is 0.663. The molecule has 2 heterocycles. The first-order chi connectivity index (χ1) is 14.3. The summed E-state index contributed by atoms with van der Waals surface area (Å²) in [5, 5.41) is 3.12. The van der Waals surface area contributed by atoms with E-state index in [0.29, 0.717) is 30.8 Å². The number of nitrogens with one attached hydrogen (secondary N) is 2. The van der Waals surface area contributed by atoms with Gasteiger partial charge in [0.25, 0.3) is 0 Å². The second-order valence-electron chi connectivity index (χ2n) is 8.35. The molecule has 1 saturated heterocycles. The summed E-state index contributed by atoms with van der Waals surface area (Å²) in [4.78, 5) is 28.2. The number of ether oxygens (including phenoxy) is 1. The number of hydrogen-bond acceptors (Lipinski definition) is 5. The van der Waals surface area contributed by atoms with Gasteiger partial charge in [-0.15, -0.1) is 0 Å². The fraction of sp³-hybridized carbons (Fsp3) is 0.714. The molecule has 2 N–H and O–H groups in total. The van der Waals surface area contributed by atoms with Gasteiger partial charge in [0, 0.05) is 30.5 Å². The second-order valence-corrected chi connectivity index (χ2v) is 10.2. The highest BCUT2D eigenvalue weighted by molar-refractivity contribution is 7.89. The Labute approximate surface area is 178 Å². The Hall–Kier alpha value is -1.87. The van der Waals surface area contributed by atoms with Crippen molar-refractivity contribution in [1.29, 1.82) is 0 Å². The van der Waals surface area contributed by atoms with Crippen LogP contribution >= 0.6 is 0 Å². The predicted octanol–water partition coefficient (Wildman–Crippen LogP) is 2.66. The van der Waals surface area contributed by atoms with E-state index in [4.69, 9.17) is 4.74 Å². The van der Waals surface area contributed by atoms with Gasteiger partial charge < -0.3 is 15.0 Å². The highest BCUT2D eigenvalue weighted by Gasteiger charge is 2.38. The van der Waals surface area contributed by atoms with Crippen LogP contribution in [0.25, 0.3) is 0 Å². The summed E-state index contributed by atoms with van der Waals surface area (Å²) in [7, 11) is -3.94. The highest BCUT2D eigenvalue weighted by atomic mass is 32.2. The maximum absolute atomic E-state index is 13.5. The first-order valence-electron chi connectivity index (χ1n) is 10.9. The highest BCUT2D eigenvalue weighted by Crippen LogP contribution is 2.31. The number of carbonyl (C=O) groups is 2. The number of hydrogen-bond donors (Lipinski definition) is 2. The minimum atomic E-state index is -3.94. The fourth-order valence-electron chi connectivity index (χ4n) is 4.60. The van der Waals surface area contributed by atoms with Crippen molar-refractivity contribution in [1.82, 2.24) is 14.6 Å². The number of sulfonamides is 1. The van der Waals surface area contributed by atoms with Crippen LogP contribution in [0.2, 0.25) is 0 Å². The SMILES string of the molecule is CCOC(=O)c1c(C)[nH]c(C)c1S(=O)(=O)N1CCC[C@@H](C(=O)NC2CCCCC2)C1. The summed E-state index contributed by atoms with van der Waals surface area (Å²) in [6.07, 6.45) is 6.72. The minimum absolute atomic E-state index is 0.0354. The van der Waals surface area contributed by atoms with E-state index in [1.807, 2.05) is 0 Å². The molecule has 0 unspecified atom stereocenters. The molecule has 2 aliphatic rings. The molecule has 1 aliphatic heterocycles. The summed E-state index contributed by atoms with van der Waals surface area (Å²) >= 11 is 0. The van der Waals surface area contributed by atoms with Crippen LogP contribution in [-0.2, 0) is 19.6 Å². The van der Waals surface area contributed by atoms with Gasteiger partial charge in [0.2, 0.25) is 15.9 Å². The number of amides is 1. The van der Waals surface area contributed by atoms with Crippen molar-refractivity contribution in [2.45, 2.75) is 76.7 Å². The molecule has 0 bridgehead atoms. The molecule has 1 aromatic rings. The molecule has 1 aromatic heterocycles. The predicted molar refractivity (Wildman–Crippen MR) is 113 cm³/mol. The lowest BCUT2D eigenvalue weighted by Crippen LogP contribution is -2.48. The van der Waals surface area contributed by atoms with Crippen LogP contribution in [0.15, 0.2) is 4.90 Å². The van der Waals surface area contributed by atoms with Gasteiger partial charge in [-0.3, -0.25) is 4.79 Å². The monoisotopic (exact) mass is 439 g/mol. The number of aromatic amines is 1. The number of esters is 1. The zero-order valence-electron chi connectivity index (χ0n) is 18.1. The lowest BCUT2D eigenvalue weighted by atomic mass is 9.93. The zero-order chi connectivity index (χ0) is 21.9. The Balaban J connectivity index is 1.79. The van der Waals surface area contributed by atoms with Crippen LogP contribution in [0.4, 0.5) is 0 Å². The van der Waals surface area contributed by atoms with Gasteiger partial charge in [0.15, 0.2) is 0 Å². The molecule has 0 aromatic carbocycles. The number of piperidine rings is 1. The van der Waals surface area contributed by atoms with E-state index in [1.54, 1.807) is 20.8 Å². The lowest BCUT2D eigenvalue weighted by Gasteiger charge is -2.33. The number of rotatable bonds is 6. The molecule has 2 fully saturated rings. The Morgan fingerprint density at radius 1 is 1.10 bits per heavy atom. The molecule has 1 saturated carbocycles. The third-order valence-corrected chi connectivity index (χ3v) is 8.14. The van der Waals surface area contributed by atoms with Crippen LogP contribution < -0.4 is 5.32 Å². The first-order valence-corrected chi connectivity index (χ1v) is 12.4. The summed E-state index contributed by atoms with van der Waals surface area (Å²) in [6.45, 7) is 5.61. The number of aryl methyl sites for hydroxylation is 2. The molecule has 3 rings (SSSR count). The molecule has 1 aliphatic carbocycles. The molecular weight excluding hydrogens is 406 g/mol. The topological polar surface area (TPSA) is 109 Å². The Kier molecular flexibility index (Phi) is 7.23. The van der Waals surface area contributed by atoms with Crippen LogP contribution in [-0.4, -0.2) is 55.3 Å². The molecule has 168 valence electrons. The molecular formula is C21H33N3O5S. The summed E-state index contributed by atoms with van der Waals surface area (Å²) < 4.78 is 33.4. The van der Waals surface area contributed by atoms with E-state index in [1.165, 1.54) is 10.7 Å². The van der Waals surface area contributed by atoms with Crippen molar-refractivity contribution < 1.29 is 22.7 Å². The maximum atomic E-state index is 13.5. The molecule has 0 radical (unpaired) electrons. The van der Waals surface area contributed by atoms with Crippen molar-refractivity contribution in [3.8, 4) is 0 Å². The number of carbonyl (C=O) groups excluding carboxylic acids is 2. The van der Waals surface area contributed by atoms with Crippen molar-refractivity contribution >= 4 is 21.9 Å². The zero-order valence-corrected chi connectivity index (χ0v) is 18.9. The normalized spacial score (nSPS) is 21.4. The van der Waals surface area contributed by atoms with Gasteiger partial charge in [-0.25, -0.2) is 13.2 Å². The number of H-pyrrole nitrogens is 1. The molecule has 8 nitrogen and oxygen atoms in total. The van der Waals surface area contributed by atoms with Gasteiger partial charge in [0.05, 0.1) is 12.5 Å². The van der Waals surface area contributed by atoms with E-state index in [-0.39, 0.29) is 41.5 Å². The van der Waals surface area contributed by atoms with Gasteiger partial charge in [-0.2, -0.15) is 4.31 Å². The van der Waals surface area contributed by atoms with E-state index < -0.39 is 16.0 Å². The Morgan fingerprint density at radius 2 is 1.80 bits per heavy atom. The third kappa shape index (κ3) is 4.72. The first kappa shape index (κ1) is 22.8. The summed E-state index contributed by atoms with van der Waals surface area (Å²) in [5.74, 6) is -1.09. The van der Waals surface area contributed by atoms with E-state index >= 15 is 0 Å². The Bertz CT molecular complexity index is 887. The van der Waals surface area contributed by atoms with E-state index in [2.05, 4.69) is 10.3 Å². The molecule has 1 atom stereocenters. The summed E-state index contributed by atoms with van der Waals surface area (Å²) in [6, 6.07) is 0.197. The van der Waals surface area contributed by atoms with Crippen LogP contribution in [0, 0.1) is 19.8 Å². The van der Waals surface area contributed by atoms with Crippen molar-refractivity contribution in [3.63, 3.8) is 0 Å². The van der Waals surface area contributed by atoms with Crippen LogP contribution in [0.3, 0.4) is 0 Å². The average molecular weight is 440 g/mol. The van der Waals surface area contributed by atoms with Crippen molar-refractivity contribution in [2.24, 2.45) is 5.92 Å². The third-order valence-electron chi connectivity index (χ3n) is 6.10. The van der Waals surface area contributed by atoms with Crippen molar-refractivity contribution in [2.75, 3.05) is 19.7 Å². The largest absolute Gasteiger partial charge is 0.462 e. The van der Waals surface area contributed by atoms with Gasteiger partial charge >= 0.3 is 5.97 Å². The summed E-state index contributed by atoms with van der Waals surface area (Å²) in [5.41, 5.74) is 0.931. The fourth-order valence-corrected chi connectivity index (χ4v) is 6.54. The Morgan fingerprint density at radius 3 is 2.47 bits per heavy atom. The van der Waals surface area contributed by atoms with Gasteiger partial charge in [-0.05, 0) is 46.5 Å². The average Bonchev–Trinajstić information content (AvgIpc) is 3.03. The number of nitrogens with zero attached hydrogens (tertiary/aromatic N) is 1. The maximum Gasteiger partial charge on any atom is 0.341 e. The van der Waals surface area contributed by atoms with E-state index in [0.717, 1.165) is 25.7 Å². The second kappa shape index (κ2) is 9.51. The van der Waals surface area contributed by atoms with Crippen LogP contribution in [0.1, 0.15) is 73.6 Å².